The molecule has 180 valence electrons. The summed E-state index contributed by atoms with van der Waals surface area (Å²) in [7, 11) is -2.62. The molecular formula is C23H30N2O7S. The fourth-order valence-corrected chi connectivity index (χ4v) is 4.29. The van der Waals surface area contributed by atoms with Crippen molar-refractivity contribution in [3.63, 3.8) is 0 Å². The number of ether oxygens (including phenoxy) is 2. The highest BCUT2D eigenvalue weighted by molar-refractivity contribution is 7.89. The van der Waals surface area contributed by atoms with Gasteiger partial charge in [0.15, 0.2) is 0 Å². The van der Waals surface area contributed by atoms with Crippen LogP contribution in [0.1, 0.15) is 35.2 Å². The molecule has 0 radical (unpaired) electrons. The lowest BCUT2D eigenvalue weighted by atomic mass is 10.1. The van der Waals surface area contributed by atoms with Crippen LogP contribution in [0.15, 0.2) is 47.4 Å². The van der Waals surface area contributed by atoms with E-state index in [1.807, 2.05) is 24.3 Å². The zero-order valence-corrected chi connectivity index (χ0v) is 19.3. The molecule has 0 aliphatic carbocycles. The summed E-state index contributed by atoms with van der Waals surface area (Å²) in [5.41, 5.74) is 1.05. The lowest BCUT2D eigenvalue weighted by molar-refractivity contribution is -0.0150. The van der Waals surface area contributed by atoms with Crippen LogP contribution in [0.5, 0.6) is 11.5 Å². The first-order chi connectivity index (χ1) is 15.7. The molecule has 3 rings (SSSR count). The van der Waals surface area contributed by atoms with Gasteiger partial charge in [-0.05, 0) is 55.5 Å². The van der Waals surface area contributed by atoms with E-state index >= 15 is 0 Å². The fraction of sp³-hybridized carbons (Fsp3) is 0.435. The maximum absolute atomic E-state index is 13.4. The van der Waals surface area contributed by atoms with E-state index in [1.165, 1.54) is 30.2 Å². The standard InChI is InChI=1S/C23H30N2O7S/c1-31-22-10-9-17(33(24,29)30)14-18(22)23(28)25-12-5-4-7-16-6-2-3-8-21(16)32-15-20(27)19(26)11-13-25/h2-3,6,8-10,14,19-20,26-27H,4-5,7,11-13,15H2,1H3,(H2,24,29,30)/t19-,20+/m0/s1. The minimum atomic E-state index is -4.01. The third kappa shape index (κ3) is 6.44. The van der Waals surface area contributed by atoms with E-state index in [9.17, 15) is 23.4 Å². The van der Waals surface area contributed by atoms with Gasteiger partial charge in [-0.15, -0.1) is 0 Å². The second-order valence-electron chi connectivity index (χ2n) is 8.00. The lowest BCUT2D eigenvalue weighted by Gasteiger charge is -2.26. The first-order valence-electron chi connectivity index (χ1n) is 10.8. The number of rotatable bonds is 3. The van der Waals surface area contributed by atoms with E-state index < -0.39 is 28.1 Å². The van der Waals surface area contributed by atoms with Crippen molar-refractivity contribution in [2.45, 2.75) is 42.8 Å². The van der Waals surface area contributed by atoms with Gasteiger partial charge in [0.25, 0.3) is 5.91 Å². The first-order valence-corrected chi connectivity index (χ1v) is 12.3. The highest BCUT2D eigenvalue weighted by Gasteiger charge is 2.25. The van der Waals surface area contributed by atoms with Gasteiger partial charge in [0, 0.05) is 13.1 Å². The summed E-state index contributed by atoms with van der Waals surface area (Å²) in [6.07, 6.45) is 0.0669. The topological polar surface area (TPSA) is 139 Å². The van der Waals surface area contributed by atoms with Crippen molar-refractivity contribution in [1.29, 1.82) is 0 Å². The Morgan fingerprint density at radius 2 is 1.88 bits per heavy atom. The Morgan fingerprint density at radius 1 is 1.12 bits per heavy atom. The van der Waals surface area contributed by atoms with E-state index in [2.05, 4.69) is 0 Å². The number of carbonyl (C=O) groups excluding carboxylic acids is 1. The van der Waals surface area contributed by atoms with Crippen LogP contribution in [0.3, 0.4) is 0 Å². The molecule has 2 aromatic rings. The summed E-state index contributed by atoms with van der Waals surface area (Å²) in [5, 5.41) is 26.0. The number of aliphatic hydroxyl groups is 2. The Balaban J connectivity index is 1.86. The molecule has 1 heterocycles. The van der Waals surface area contributed by atoms with Gasteiger partial charge >= 0.3 is 0 Å². The Kier molecular flexibility index (Phi) is 8.30. The smallest absolute Gasteiger partial charge is 0.257 e. The van der Waals surface area contributed by atoms with Crippen molar-refractivity contribution in [3.05, 3.63) is 53.6 Å². The summed E-state index contributed by atoms with van der Waals surface area (Å²) in [6.45, 7) is 0.469. The van der Waals surface area contributed by atoms with Crippen LogP contribution in [-0.4, -0.2) is 68.5 Å². The zero-order chi connectivity index (χ0) is 24.0. The largest absolute Gasteiger partial charge is 0.496 e. The number of hydrogen-bond donors (Lipinski definition) is 3. The number of fused-ring (bicyclic) bond motifs is 1. The van der Waals surface area contributed by atoms with Gasteiger partial charge in [-0.1, -0.05) is 18.2 Å². The Morgan fingerprint density at radius 3 is 2.61 bits per heavy atom. The average Bonchev–Trinajstić information content (AvgIpc) is 2.81. The molecule has 0 bridgehead atoms. The second kappa shape index (κ2) is 11.0. The number of benzene rings is 2. The van der Waals surface area contributed by atoms with E-state index in [0.29, 0.717) is 18.7 Å². The molecule has 9 nitrogen and oxygen atoms in total. The average molecular weight is 479 g/mol. The number of aliphatic hydroxyl groups excluding tert-OH is 2. The van der Waals surface area contributed by atoms with Gasteiger partial charge in [0.05, 0.1) is 23.7 Å². The fourth-order valence-electron chi connectivity index (χ4n) is 3.75. The molecule has 0 saturated heterocycles. The predicted octanol–water partition coefficient (Wildman–Crippen LogP) is 1.31. The molecule has 33 heavy (non-hydrogen) atoms. The normalized spacial score (nSPS) is 20.4. The van der Waals surface area contributed by atoms with Crippen LogP contribution >= 0.6 is 0 Å². The lowest BCUT2D eigenvalue weighted by Crippen LogP contribution is -2.38. The van der Waals surface area contributed by atoms with Crippen LogP contribution < -0.4 is 14.6 Å². The number of nitrogens with zero attached hydrogens (tertiary/aromatic N) is 1. The van der Waals surface area contributed by atoms with Crippen molar-refractivity contribution in [2.75, 3.05) is 26.8 Å². The Labute approximate surface area is 193 Å². The SMILES string of the molecule is COc1ccc(S(N)(=O)=O)cc1C(=O)N1CCCCc2ccccc2OC[C@@H](O)[C@@H](O)CC1. The quantitative estimate of drug-likeness (QED) is 0.604. The zero-order valence-electron chi connectivity index (χ0n) is 18.5. The van der Waals surface area contributed by atoms with Crippen molar-refractivity contribution >= 4 is 15.9 Å². The van der Waals surface area contributed by atoms with Crippen molar-refractivity contribution in [1.82, 2.24) is 4.90 Å². The van der Waals surface area contributed by atoms with Crippen molar-refractivity contribution in [2.24, 2.45) is 5.14 Å². The van der Waals surface area contributed by atoms with E-state index in [-0.39, 0.29) is 35.8 Å². The number of sulfonamides is 1. The third-order valence-corrected chi connectivity index (χ3v) is 6.57. The highest BCUT2D eigenvalue weighted by Crippen LogP contribution is 2.25. The number of methoxy groups -OCH3 is 1. The van der Waals surface area contributed by atoms with Gasteiger partial charge in [0.2, 0.25) is 10.0 Å². The monoisotopic (exact) mass is 478 g/mol. The summed E-state index contributed by atoms with van der Waals surface area (Å²) in [4.78, 5) is 14.7. The number of para-hydroxylation sites is 1. The van der Waals surface area contributed by atoms with Crippen molar-refractivity contribution in [3.8, 4) is 11.5 Å². The highest BCUT2D eigenvalue weighted by atomic mass is 32.2. The van der Waals surface area contributed by atoms with Gasteiger partial charge < -0.3 is 24.6 Å². The molecule has 0 unspecified atom stereocenters. The molecule has 4 N–H and O–H groups in total. The molecule has 1 amide bonds. The predicted molar refractivity (Wildman–Crippen MR) is 122 cm³/mol. The maximum atomic E-state index is 13.4. The number of primary sulfonamides is 1. The molecule has 10 heteroatoms. The minimum absolute atomic E-state index is 0.0667. The molecule has 2 atom stereocenters. The minimum Gasteiger partial charge on any atom is -0.496 e. The second-order valence-corrected chi connectivity index (χ2v) is 9.56. The van der Waals surface area contributed by atoms with Crippen LogP contribution in [0, 0.1) is 0 Å². The molecule has 0 spiro atoms. The van der Waals surface area contributed by atoms with Gasteiger partial charge in [-0.25, -0.2) is 13.6 Å². The van der Waals surface area contributed by atoms with Crippen LogP contribution in [0.2, 0.25) is 0 Å². The number of nitrogens with two attached hydrogens (primary N) is 1. The molecule has 0 fully saturated rings. The molecule has 0 saturated carbocycles. The molecule has 1 aliphatic rings. The summed E-state index contributed by atoms with van der Waals surface area (Å²) < 4.78 is 34.6. The first kappa shape index (κ1) is 25.0. The van der Waals surface area contributed by atoms with Crippen LogP contribution in [0.25, 0.3) is 0 Å². The Bertz CT molecular complexity index is 1070. The van der Waals surface area contributed by atoms with Gasteiger partial charge in [-0.2, -0.15) is 0 Å². The number of amides is 1. The summed E-state index contributed by atoms with van der Waals surface area (Å²) in [5.74, 6) is 0.448. The number of hydrogen-bond acceptors (Lipinski definition) is 7. The molecule has 1 aliphatic heterocycles. The van der Waals surface area contributed by atoms with Gasteiger partial charge in [0.1, 0.15) is 24.2 Å². The maximum Gasteiger partial charge on any atom is 0.257 e. The van der Waals surface area contributed by atoms with E-state index in [0.717, 1.165) is 18.4 Å². The van der Waals surface area contributed by atoms with Crippen LogP contribution in [-0.2, 0) is 16.4 Å². The Hall–Kier alpha value is -2.66. The van der Waals surface area contributed by atoms with Crippen LogP contribution in [0.4, 0.5) is 0 Å². The molecular weight excluding hydrogens is 448 g/mol. The molecule has 2 aromatic carbocycles. The number of aryl methyl sites for hydroxylation is 1. The van der Waals surface area contributed by atoms with Gasteiger partial charge in [-0.3, -0.25) is 4.79 Å². The molecule has 0 aromatic heterocycles. The van der Waals surface area contributed by atoms with Crippen molar-refractivity contribution < 1.29 is 32.9 Å². The summed E-state index contributed by atoms with van der Waals surface area (Å²) >= 11 is 0. The number of carbonyl (C=O) groups is 1. The van der Waals surface area contributed by atoms with E-state index in [4.69, 9.17) is 14.6 Å². The summed E-state index contributed by atoms with van der Waals surface area (Å²) in [6, 6.07) is 11.4. The third-order valence-electron chi connectivity index (χ3n) is 5.66. The van der Waals surface area contributed by atoms with E-state index in [1.54, 1.807) is 0 Å².